The highest BCUT2D eigenvalue weighted by atomic mass is 16.3. The maximum absolute atomic E-state index is 9.01. The average Bonchev–Trinajstić information content (AvgIpc) is 3.15. The summed E-state index contributed by atoms with van der Waals surface area (Å²) in [4.78, 5) is 0. The van der Waals surface area contributed by atoms with E-state index in [0.29, 0.717) is 5.56 Å². The Labute approximate surface area is 146 Å². The molecule has 4 aromatic rings. The first kappa shape index (κ1) is 15.0. The summed E-state index contributed by atoms with van der Waals surface area (Å²) in [5.41, 5.74) is 4.79. The summed E-state index contributed by atoms with van der Waals surface area (Å²) in [6, 6.07) is 32.0. The van der Waals surface area contributed by atoms with Crippen LogP contribution in [0.3, 0.4) is 0 Å². The Kier molecular flexibility index (Phi) is 3.90. The zero-order chi connectivity index (χ0) is 17.1. The van der Waals surface area contributed by atoms with Gasteiger partial charge in [0, 0.05) is 16.7 Å². The fraction of sp³-hybridized carbons (Fsp3) is 0. The Balaban J connectivity index is 1.89. The SMILES string of the molecule is N#Cc1ccc(-c2oc(-c3ccccc3)cc2-c2ccccc2)cc1. The predicted molar refractivity (Wildman–Crippen MR) is 99.7 cm³/mol. The summed E-state index contributed by atoms with van der Waals surface area (Å²) in [5.74, 6) is 1.65. The van der Waals surface area contributed by atoms with Crippen molar-refractivity contribution in [1.82, 2.24) is 0 Å². The van der Waals surface area contributed by atoms with Gasteiger partial charge in [0.15, 0.2) is 0 Å². The number of nitriles is 1. The molecule has 0 radical (unpaired) electrons. The third-order valence-corrected chi connectivity index (χ3v) is 4.15. The number of furan rings is 1. The van der Waals surface area contributed by atoms with E-state index in [4.69, 9.17) is 9.68 Å². The molecule has 25 heavy (non-hydrogen) atoms. The first-order chi connectivity index (χ1) is 12.3. The Morgan fingerprint density at radius 1 is 0.640 bits per heavy atom. The van der Waals surface area contributed by atoms with E-state index >= 15 is 0 Å². The van der Waals surface area contributed by atoms with Gasteiger partial charge in [-0.05, 0) is 35.9 Å². The summed E-state index contributed by atoms with van der Waals surface area (Å²) in [5, 5.41) is 9.01. The van der Waals surface area contributed by atoms with E-state index in [-0.39, 0.29) is 0 Å². The first-order valence-electron chi connectivity index (χ1n) is 8.10. The maximum atomic E-state index is 9.01. The molecule has 3 aromatic carbocycles. The van der Waals surface area contributed by atoms with Crippen LogP contribution in [0.4, 0.5) is 0 Å². The fourth-order valence-electron chi connectivity index (χ4n) is 2.88. The lowest BCUT2D eigenvalue weighted by Gasteiger charge is -2.03. The molecule has 0 fully saturated rings. The van der Waals surface area contributed by atoms with E-state index in [9.17, 15) is 0 Å². The standard InChI is InChI=1S/C23H15NO/c24-16-17-11-13-20(14-12-17)23-21(18-7-3-1-4-8-18)15-22(25-23)19-9-5-2-6-10-19/h1-15H. The topological polar surface area (TPSA) is 36.9 Å². The van der Waals surface area contributed by atoms with E-state index < -0.39 is 0 Å². The molecule has 0 aliphatic rings. The van der Waals surface area contributed by atoms with Gasteiger partial charge in [-0.15, -0.1) is 0 Å². The lowest BCUT2D eigenvalue weighted by molar-refractivity contribution is 0.598. The van der Waals surface area contributed by atoms with Gasteiger partial charge in [-0.2, -0.15) is 5.26 Å². The number of hydrogen-bond acceptors (Lipinski definition) is 2. The quantitative estimate of drug-likeness (QED) is 0.453. The Morgan fingerprint density at radius 3 is 1.84 bits per heavy atom. The molecule has 0 aliphatic heterocycles. The second-order valence-electron chi connectivity index (χ2n) is 5.77. The molecule has 0 atom stereocenters. The molecule has 2 heteroatoms. The average molecular weight is 321 g/mol. The molecule has 1 heterocycles. The maximum Gasteiger partial charge on any atom is 0.142 e. The normalized spacial score (nSPS) is 10.4. The van der Waals surface area contributed by atoms with Crippen LogP contribution < -0.4 is 0 Å². The molecule has 0 saturated carbocycles. The molecule has 2 nitrogen and oxygen atoms in total. The summed E-state index contributed by atoms with van der Waals surface area (Å²) >= 11 is 0. The van der Waals surface area contributed by atoms with Crippen molar-refractivity contribution in [3.8, 4) is 39.8 Å². The van der Waals surface area contributed by atoms with Crippen molar-refractivity contribution in [2.45, 2.75) is 0 Å². The Hall–Kier alpha value is -3.57. The highest BCUT2D eigenvalue weighted by Gasteiger charge is 2.15. The van der Waals surface area contributed by atoms with Crippen LogP contribution in [0.5, 0.6) is 0 Å². The minimum Gasteiger partial charge on any atom is -0.455 e. The highest BCUT2D eigenvalue weighted by Crippen LogP contribution is 2.38. The molecule has 0 unspecified atom stereocenters. The molecule has 0 spiro atoms. The molecule has 0 aliphatic carbocycles. The van der Waals surface area contributed by atoms with Crippen molar-refractivity contribution in [2.75, 3.05) is 0 Å². The van der Waals surface area contributed by atoms with E-state index in [2.05, 4.69) is 24.3 Å². The number of benzene rings is 3. The van der Waals surface area contributed by atoms with Crippen LogP contribution in [-0.2, 0) is 0 Å². The molecule has 0 N–H and O–H groups in total. The van der Waals surface area contributed by atoms with Gasteiger partial charge < -0.3 is 4.42 Å². The molecular weight excluding hydrogens is 306 g/mol. The van der Waals surface area contributed by atoms with E-state index in [1.807, 2.05) is 72.8 Å². The molecule has 4 rings (SSSR count). The van der Waals surface area contributed by atoms with Gasteiger partial charge in [0.2, 0.25) is 0 Å². The van der Waals surface area contributed by atoms with Crippen LogP contribution in [0, 0.1) is 11.3 Å². The van der Waals surface area contributed by atoms with Crippen LogP contribution >= 0.6 is 0 Å². The van der Waals surface area contributed by atoms with Crippen LogP contribution in [0.15, 0.2) is 95.4 Å². The van der Waals surface area contributed by atoms with Gasteiger partial charge >= 0.3 is 0 Å². The van der Waals surface area contributed by atoms with E-state index in [1.54, 1.807) is 0 Å². The molecule has 0 bridgehead atoms. The van der Waals surface area contributed by atoms with Crippen molar-refractivity contribution >= 4 is 0 Å². The molecule has 0 amide bonds. The summed E-state index contributed by atoms with van der Waals surface area (Å²) in [7, 11) is 0. The first-order valence-corrected chi connectivity index (χ1v) is 8.10. The van der Waals surface area contributed by atoms with Gasteiger partial charge in [0.05, 0.1) is 11.6 Å². The van der Waals surface area contributed by atoms with Crippen molar-refractivity contribution < 1.29 is 4.42 Å². The third-order valence-electron chi connectivity index (χ3n) is 4.15. The van der Waals surface area contributed by atoms with Crippen LogP contribution in [0.2, 0.25) is 0 Å². The predicted octanol–water partition coefficient (Wildman–Crippen LogP) is 6.15. The highest BCUT2D eigenvalue weighted by molar-refractivity contribution is 5.83. The van der Waals surface area contributed by atoms with Crippen molar-refractivity contribution in [1.29, 1.82) is 5.26 Å². The second-order valence-corrected chi connectivity index (χ2v) is 5.77. The van der Waals surface area contributed by atoms with Crippen LogP contribution in [0.1, 0.15) is 5.56 Å². The van der Waals surface area contributed by atoms with Crippen molar-refractivity contribution in [2.24, 2.45) is 0 Å². The van der Waals surface area contributed by atoms with Gasteiger partial charge in [0.25, 0.3) is 0 Å². The summed E-state index contributed by atoms with van der Waals surface area (Å²) in [6.45, 7) is 0. The smallest absolute Gasteiger partial charge is 0.142 e. The summed E-state index contributed by atoms with van der Waals surface area (Å²) in [6.07, 6.45) is 0. The van der Waals surface area contributed by atoms with Crippen LogP contribution in [0.25, 0.3) is 33.8 Å². The lowest BCUT2D eigenvalue weighted by atomic mass is 10.0. The molecule has 1 aromatic heterocycles. The minimum absolute atomic E-state index is 0.639. The largest absolute Gasteiger partial charge is 0.455 e. The number of hydrogen-bond donors (Lipinski definition) is 0. The summed E-state index contributed by atoms with van der Waals surface area (Å²) < 4.78 is 6.23. The van der Waals surface area contributed by atoms with Crippen molar-refractivity contribution in [3.05, 3.63) is 96.6 Å². The van der Waals surface area contributed by atoms with Gasteiger partial charge in [-0.1, -0.05) is 60.7 Å². The third kappa shape index (κ3) is 2.96. The lowest BCUT2D eigenvalue weighted by Crippen LogP contribution is -1.81. The van der Waals surface area contributed by atoms with Gasteiger partial charge in [0.1, 0.15) is 11.5 Å². The van der Waals surface area contributed by atoms with Crippen LogP contribution in [-0.4, -0.2) is 0 Å². The monoisotopic (exact) mass is 321 g/mol. The fourth-order valence-corrected chi connectivity index (χ4v) is 2.88. The Morgan fingerprint density at radius 2 is 1.24 bits per heavy atom. The van der Waals surface area contributed by atoms with E-state index in [0.717, 1.165) is 33.8 Å². The zero-order valence-corrected chi connectivity index (χ0v) is 13.5. The minimum atomic E-state index is 0.639. The second kappa shape index (κ2) is 6.51. The zero-order valence-electron chi connectivity index (χ0n) is 13.5. The molecule has 0 saturated heterocycles. The molecule has 118 valence electrons. The van der Waals surface area contributed by atoms with Gasteiger partial charge in [-0.3, -0.25) is 0 Å². The number of nitrogens with zero attached hydrogens (tertiary/aromatic N) is 1. The molecular formula is C23H15NO. The van der Waals surface area contributed by atoms with E-state index in [1.165, 1.54) is 0 Å². The van der Waals surface area contributed by atoms with Crippen molar-refractivity contribution in [3.63, 3.8) is 0 Å². The van der Waals surface area contributed by atoms with Gasteiger partial charge in [-0.25, -0.2) is 0 Å². The number of rotatable bonds is 3. The Bertz CT molecular complexity index is 1020.